The number of fused-ring (bicyclic) bond motifs is 1. The summed E-state index contributed by atoms with van der Waals surface area (Å²) < 4.78 is 9.01. The van der Waals surface area contributed by atoms with Crippen LogP contribution in [0.1, 0.15) is 6.23 Å². The number of aliphatic hydroxyl groups is 3. The number of nitrogen functional groups attached to an aromatic ring is 1. The molecular weight excluding hydrogens is 385 g/mol. The van der Waals surface area contributed by atoms with Crippen LogP contribution in [-0.4, -0.2) is 74.9 Å². The van der Waals surface area contributed by atoms with Crippen molar-refractivity contribution in [3.63, 3.8) is 0 Å². The molecular formula is C13H17N5O5Se. The molecule has 4 atom stereocenters. The summed E-state index contributed by atoms with van der Waals surface area (Å²) in [6, 6.07) is 0. The van der Waals surface area contributed by atoms with Gasteiger partial charge in [0.25, 0.3) is 0 Å². The zero-order valence-electron chi connectivity index (χ0n) is 12.5. The van der Waals surface area contributed by atoms with Crippen LogP contribution in [0.2, 0.25) is 0 Å². The quantitative estimate of drug-likeness (QED) is 0.283. The van der Waals surface area contributed by atoms with Crippen molar-refractivity contribution in [3.05, 3.63) is 27.3 Å². The van der Waals surface area contributed by atoms with Gasteiger partial charge in [0.1, 0.15) is 0 Å². The molecule has 0 radical (unpaired) electrons. The van der Waals surface area contributed by atoms with Crippen molar-refractivity contribution in [3.8, 4) is 0 Å². The van der Waals surface area contributed by atoms with Gasteiger partial charge >= 0.3 is 143 Å². The minimum absolute atomic E-state index is 0.0938. The molecule has 10 nitrogen and oxygen atoms in total. The second-order valence-electron chi connectivity index (χ2n) is 5.40. The number of hydrogen-bond donors (Lipinski definition) is 5. The Kier molecular flexibility index (Phi) is 4.47. The van der Waals surface area contributed by atoms with Gasteiger partial charge in [-0.25, -0.2) is 0 Å². The number of imidazole rings is 1. The first-order valence-corrected chi connectivity index (χ1v) is 8.00. The fourth-order valence-corrected chi connectivity index (χ4v) is 3.57. The van der Waals surface area contributed by atoms with E-state index in [0.717, 1.165) is 0 Å². The molecule has 1 saturated heterocycles. The summed E-state index contributed by atoms with van der Waals surface area (Å²) in [6.07, 6.45) is -2.99. The number of anilines is 1. The van der Waals surface area contributed by atoms with E-state index in [1.807, 2.05) is 0 Å². The number of H-pyrrole nitrogens is 1. The number of nitrogens with two attached hydrogens (primary N) is 1. The average Bonchev–Trinajstić information content (AvgIpc) is 2.96. The number of aromatic amines is 1. The topological polar surface area (TPSA) is 152 Å². The van der Waals surface area contributed by atoms with Gasteiger partial charge < -0.3 is 0 Å². The third kappa shape index (κ3) is 2.46. The molecule has 0 aromatic carbocycles. The predicted molar refractivity (Wildman–Crippen MR) is 85.0 cm³/mol. The molecule has 0 bridgehead atoms. The fraction of sp³-hybridized carbons (Fsp3) is 0.462. The molecule has 2 aromatic heterocycles. The summed E-state index contributed by atoms with van der Waals surface area (Å²) in [5, 5.41) is 29.5. The van der Waals surface area contributed by atoms with Gasteiger partial charge in [-0.1, -0.05) is 0 Å². The molecule has 2 unspecified atom stereocenters. The van der Waals surface area contributed by atoms with E-state index < -0.39 is 36.7 Å². The zero-order chi connectivity index (χ0) is 17.6. The molecule has 0 saturated carbocycles. The number of ether oxygens (including phenoxy) is 1. The van der Waals surface area contributed by atoms with Crippen LogP contribution in [0.5, 0.6) is 0 Å². The van der Waals surface area contributed by atoms with E-state index in [1.165, 1.54) is 4.57 Å². The molecule has 3 heterocycles. The molecule has 11 heteroatoms. The predicted octanol–water partition coefficient (Wildman–Crippen LogP) is -2.39. The number of hydrogen-bond acceptors (Lipinski definition) is 7. The van der Waals surface area contributed by atoms with Crippen LogP contribution in [0.4, 0.5) is 5.95 Å². The molecule has 0 aliphatic carbocycles. The normalized spacial score (nSPS) is 27.0. The number of rotatable bonds is 4. The van der Waals surface area contributed by atoms with Crippen molar-refractivity contribution >= 4 is 32.7 Å². The maximum atomic E-state index is 12.3. The van der Waals surface area contributed by atoms with Crippen LogP contribution in [0, 0.1) is 4.32 Å². The summed E-state index contributed by atoms with van der Waals surface area (Å²) in [4.78, 5) is 18.8. The second-order valence-corrected chi connectivity index (χ2v) is 6.17. The first-order chi connectivity index (χ1) is 11.4. The SMILES string of the molecule is C=CCn1c(=[Se])n(C2OC(CO)[C@@H](O)[C@H]2O)c2nc(N)[nH]c(=O)c21. The minimum atomic E-state index is -1.32. The molecule has 0 amide bonds. The fourth-order valence-electron chi connectivity index (χ4n) is 2.82. The summed E-state index contributed by atoms with van der Waals surface area (Å²) in [6.45, 7) is 3.50. The van der Waals surface area contributed by atoms with E-state index in [2.05, 4.69) is 32.1 Å². The monoisotopic (exact) mass is 403 g/mol. The Bertz CT molecular complexity index is 903. The van der Waals surface area contributed by atoms with Gasteiger partial charge in [-0.15, -0.1) is 0 Å². The van der Waals surface area contributed by atoms with E-state index in [4.69, 9.17) is 10.5 Å². The van der Waals surface area contributed by atoms with Crippen LogP contribution in [-0.2, 0) is 11.3 Å². The number of aliphatic hydroxyl groups excluding tert-OH is 3. The van der Waals surface area contributed by atoms with Crippen molar-refractivity contribution < 1.29 is 20.1 Å². The molecule has 2 aromatic rings. The van der Waals surface area contributed by atoms with Gasteiger partial charge in [0, 0.05) is 0 Å². The Labute approximate surface area is 143 Å². The Morgan fingerprint density at radius 2 is 2.17 bits per heavy atom. The van der Waals surface area contributed by atoms with Gasteiger partial charge in [0.05, 0.1) is 0 Å². The standard InChI is InChI=1S/C13H17N5O5Se/c1-2-3-17-6-9(15-12(14)16-10(6)22)18(13(17)24)11-8(21)7(20)5(4-19)23-11/h2,5,7-8,11,19-21H,1,3-4H2,(H3,14,15,16,22)/t5?,7-,8-,11?/m1/s1. The molecule has 1 aliphatic heterocycles. The average molecular weight is 402 g/mol. The number of nitrogens with zero attached hydrogens (tertiary/aromatic N) is 3. The van der Waals surface area contributed by atoms with Gasteiger partial charge in [-0.05, 0) is 0 Å². The van der Waals surface area contributed by atoms with E-state index in [0.29, 0.717) is 10.9 Å². The Morgan fingerprint density at radius 3 is 2.75 bits per heavy atom. The summed E-state index contributed by atoms with van der Waals surface area (Å²) >= 11 is 2.81. The van der Waals surface area contributed by atoms with Crippen LogP contribution in [0.3, 0.4) is 0 Å². The number of nitrogens with one attached hydrogen (secondary N) is 1. The molecule has 3 rings (SSSR count). The first-order valence-electron chi connectivity index (χ1n) is 7.14. The van der Waals surface area contributed by atoms with Gasteiger partial charge in [0.15, 0.2) is 0 Å². The van der Waals surface area contributed by atoms with Crippen molar-refractivity contribution in [1.82, 2.24) is 19.1 Å². The zero-order valence-corrected chi connectivity index (χ0v) is 14.2. The third-order valence-corrected chi connectivity index (χ3v) is 4.79. The van der Waals surface area contributed by atoms with Gasteiger partial charge in [-0.3, -0.25) is 0 Å². The molecule has 130 valence electrons. The number of allylic oxidation sites excluding steroid dienone is 1. The van der Waals surface area contributed by atoms with Crippen molar-refractivity contribution in [2.24, 2.45) is 0 Å². The van der Waals surface area contributed by atoms with E-state index >= 15 is 0 Å². The van der Waals surface area contributed by atoms with E-state index in [9.17, 15) is 20.1 Å². The molecule has 1 aliphatic rings. The summed E-state index contributed by atoms with van der Waals surface area (Å²) in [5.41, 5.74) is 5.57. The van der Waals surface area contributed by atoms with Gasteiger partial charge in [0.2, 0.25) is 0 Å². The van der Waals surface area contributed by atoms with Crippen LogP contribution in [0.25, 0.3) is 11.2 Å². The van der Waals surface area contributed by atoms with Crippen molar-refractivity contribution in [2.75, 3.05) is 12.3 Å². The van der Waals surface area contributed by atoms with Crippen LogP contribution >= 0.6 is 0 Å². The van der Waals surface area contributed by atoms with Crippen LogP contribution in [0.15, 0.2) is 17.4 Å². The van der Waals surface area contributed by atoms with E-state index in [-0.39, 0.29) is 17.1 Å². The first kappa shape index (κ1) is 17.1. The molecule has 24 heavy (non-hydrogen) atoms. The van der Waals surface area contributed by atoms with Crippen LogP contribution < -0.4 is 11.3 Å². The molecule has 0 spiro atoms. The van der Waals surface area contributed by atoms with E-state index in [1.54, 1.807) is 10.6 Å². The maximum absolute atomic E-state index is 12.3. The van der Waals surface area contributed by atoms with Crippen molar-refractivity contribution in [1.29, 1.82) is 0 Å². The number of aromatic nitrogens is 4. The summed E-state index contributed by atoms with van der Waals surface area (Å²) in [5.74, 6) is -0.0938. The Balaban J connectivity index is 2.29. The Morgan fingerprint density at radius 1 is 1.46 bits per heavy atom. The second kappa shape index (κ2) is 6.28. The Hall–Kier alpha value is -1.75. The molecule has 1 fully saturated rings. The van der Waals surface area contributed by atoms with Gasteiger partial charge in [-0.2, -0.15) is 0 Å². The third-order valence-electron chi connectivity index (χ3n) is 3.91. The van der Waals surface area contributed by atoms with Crippen molar-refractivity contribution in [2.45, 2.75) is 31.1 Å². The molecule has 6 N–H and O–H groups in total. The summed E-state index contributed by atoms with van der Waals surface area (Å²) in [7, 11) is 0.